The Balaban J connectivity index is 1.99. The lowest BCUT2D eigenvalue weighted by atomic mass is 10.1. The van der Waals surface area contributed by atoms with Gasteiger partial charge in [-0.05, 0) is 25.0 Å². The van der Waals surface area contributed by atoms with Crippen LogP contribution in [0.25, 0.3) is 0 Å². The van der Waals surface area contributed by atoms with Crippen molar-refractivity contribution in [3.63, 3.8) is 0 Å². The molecule has 1 aromatic rings. The Labute approximate surface area is 153 Å². The highest BCUT2D eigenvalue weighted by atomic mass is 35.5. The maximum atomic E-state index is 13.9. The lowest BCUT2D eigenvalue weighted by molar-refractivity contribution is -0.130. The maximum absolute atomic E-state index is 13.9. The SMILES string of the molecule is CCCCS(=O)(=O)N1CCCN(C(=O)Cc2c(F)cccc2Cl)CC1. The molecule has 140 valence electrons. The van der Waals surface area contributed by atoms with E-state index in [1.165, 1.54) is 16.4 Å². The van der Waals surface area contributed by atoms with Crippen LogP contribution in [0, 0.1) is 5.82 Å². The van der Waals surface area contributed by atoms with E-state index in [0.29, 0.717) is 32.5 Å². The molecule has 2 rings (SSSR count). The molecule has 0 N–H and O–H groups in total. The number of unbranched alkanes of at least 4 members (excludes halogenated alkanes) is 1. The van der Waals surface area contributed by atoms with E-state index in [1.807, 2.05) is 6.92 Å². The van der Waals surface area contributed by atoms with Gasteiger partial charge in [0, 0.05) is 36.8 Å². The Morgan fingerprint density at radius 3 is 2.68 bits per heavy atom. The summed E-state index contributed by atoms with van der Waals surface area (Å²) in [7, 11) is -3.28. The molecule has 0 saturated carbocycles. The Morgan fingerprint density at radius 1 is 1.24 bits per heavy atom. The van der Waals surface area contributed by atoms with E-state index >= 15 is 0 Å². The molecule has 1 fully saturated rings. The number of benzene rings is 1. The third kappa shape index (κ3) is 5.39. The second kappa shape index (κ2) is 8.96. The van der Waals surface area contributed by atoms with Crippen LogP contribution in [-0.4, -0.2) is 55.5 Å². The van der Waals surface area contributed by atoms with E-state index in [1.54, 1.807) is 11.0 Å². The molecule has 0 unspecified atom stereocenters. The number of sulfonamides is 1. The van der Waals surface area contributed by atoms with Gasteiger partial charge in [0.15, 0.2) is 0 Å². The summed E-state index contributed by atoms with van der Waals surface area (Å²) in [6, 6.07) is 4.33. The van der Waals surface area contributed by atoms with Gasteiger partial charge in [0.05, 0.1) is 12.2 Å². The maximum Gasteiger partial charge on any atom is 0.227 e. The summed E-state index contributed by atoms with van der Waals surface area (Å²) in [6.07, 6.45) is 1.91. The number of hydrogen-bond donors (Lipinski definition) is 0. The lowest BCUT2D eigenvalue weighted by Crippen LogP contribution is -2.38. The van der Waals surface area contributed by atoms with Gasteiger partial charge in [-0.2, -0.15) is 0 Å². The zero-order chi connectivity index (χ0) is 18.4. The quantitative estimate of drug-likeness (QED) is 0.750. The third-order valence-corrected chi connectivity index (χ3v) is 6.66. The number of amides is 1. The Hall–Kier alpha value is -1.18. The van der Waals surface area contributed by atoms with Gasteiger partial charge in [-0.3, -0.25) is 4.79 Å². The minimum atomic E-state index is -3.28. The van der Waals surface area contributed by atoms with E-state index in [0.717, 1.165) is 6.42 Å². The summed E-state index contributed by atoms with van der Waals surface area (Å²) in [5.74, 6) is -0.596. The molecule has 1 aliphatic heterocycles. The minimum absolute atomic E-state index is 0.117. The third-order valence-electron chi connectivity index (χ3n) is 4.35. The van der Waals surface area contributed by atoms with Gasteiger partial charge in [-0.25, -0.2) is 17.1 Å². The smallest absolute Gasteiger partial charge is 0.227 e. The highest BCUT2D eigenvalue weighted by Crippen LogP contribution is 2.20. The fourth-order valence-electron chi connectivity index (χ4n) is 2.84. The van der Waals surface area contributed by atoms with Gasteiger partial charge < -0.3 is 4.90 Å². The second-order valence-corrected chi connectivity index (χ2v) is 8.68. The van der Waals surface area contributed by atoms with Crippen LogP contribution >= 0.6 is 11.6 Å². The first-order chi connectivity index (χ1) is 11.8. The van der Waals surface area contributed by atoms with E-state index in [4.69, 9.17) is 11.6 Å². The molecular formula is C17H24ClFN2O3S. The summed E-state index contributed by atoms with van der Waals surface area (Å²) in [6.45, 7) is 3.42. The van der Waals surface area contributed by atoms with Crippen molar-refractivity contribution in [2.24, 2.45) is 0 Å². The molecule has 0 aliphatic carbocycles. The Morgan fingerprint density at radius 2 is 2.00 bits per heavy atom. The summed E-state index contributed by atoms with van der Waals surface area (Å²) in [5, 5.41) is 0.229. The summed E-state index contributed by atoms with van der Waals surface area (Å²) in [5.41, 5.74) is 0.186. The number of carbonyl (C=O) groups is 1. The lowest BCUT2D eigenvalue weighted by Gasteiger charge is -2.22. The molecule has 8 heteroatoms. The molecule has 0 aromatic heterocycles. The molecule has 1 aromatic carbocycles. The predicted octanol–water partition coefficient (Wildman–Crippen LogP) is 2.69. The number of hydrogen-bond acceptors (Lipinski definition) is 3. The normalized spacial score (nSPS) is 16.7. The summed E-state index contributed by atoms with van der Waals surface area (Å²) in [4.78, 5) is 14.1. The van der Waals surface area contributed by atoms with Crippen LogP contribution in [0.3, 0.4) is 0 Å². The average molecular weight is 391 g/mol. The highest BCUT2D eigenvalue weighted by Gasteiger charge is 2.26. The molecule has 1 amide bonds. The molecule has 0 bridgehead atoms. The topological polar surface area (TPSA) is 57.7 Å². The van der Waals surface area contributed by atoms with Gasteiger partial charge in [-0.15, -0.1) is 0 Å². The zero-order valence-corrected chi connectivity index (χ0v) is 16.0. The van der Waals surface area contributed by atoms with E-state index < -0.39 is 15.8 Å². The average Bonchev–Trinajstić information content (AvgIpc) is 2.83. The highest BCUT2D eigenvalue weighted by molar-refractivity contribution is 7.89. The first-order valence-electron chi connectivity index (χ1n) is 8.53. The van der Waals surface area contributed by atoms with Crippen molar-refractivity contribution in [1.82, 2.24) is 9.21 Å². The molecule has 25 heavy (non-hydrogen) atoms. The van der Waals surface area contributed by atoms with Gasteiger partial charge in [0.1, 0.15) is 5.82 Å². The summed E-state index contributed by atoms with van der Waals surface area (Å²) >= 11 is 5.98. The van der Waals surface area contributed by atoms with Crippen LogP contribution < -0.4 is 0 Å². The number of nitrogens with zero attached hydrogens (tertiary/aromatic N) is 2. The van der Waals surface area contributed by atoms with Crippen LogP contribution in [0.15, 0.2) is 18.2 Å². The molecule has 0 atom stereocenters. The van der Waals surface area contributed by atoms with Crippen molar-refractivity contribution in [1.29, 1.82) is 0 Å². The van der Waals surface area contributed by atoms with E-state index in [-0.39, 0.29) is 35.2 Å². The van der Waals surface area contributed by atoms with Crippen molar-refractivity contribution in [2.45, 2.75) is 32.6 Å². The van der Waals surface area contributed by atoms with Crippen molar-refractivity contribution < 1.29 is 17.6 Å². The van der Waals surface area contributed by atoms with Crippen LogP contribution in [0.2, 0.25) is 5.02 Å². The fourth-order valence-corrected chi connectivity index (χ4v) is 4.75. The van der Waals surface area contributed by atoms with Crippen LogP contribution in [-0.2, 0) is 21.2 Å². The Bertz CT molecular complexity index is 692. The molecule has 0 radical (unpaired) electrons. The zero-order valence-electron chi connectivity index (χ0n) is 14.4. The van der Waals surface area contributed by atoms with Gasteiger partial charge in [0.25, 0.3) is 0 Å². The first-order valence-corrected chi connectivity index (χ1v) is 10.5. The number of halogens is 2. The monoisotopic (exact) mass is 390 g/mol. The van der Waals surface area contributed by atoms with Gasteiger partial charge >= 0.3 is 0 Å². The minimum Gasteiger partial charge on any atom is -0.341 e. The van der Waals surface area contributed by atoms with Crippen molar-refractivity contribution in [3.05, 3.63) is 34.6 Å². The van der Waals surface area contributed by atoms with Crippen LogP contribution in [0.1, 0.15) is 31.7 Å². The second-order valence-electron chi connectivity index (χ2n) is 6.18. The molecular weight excluding hydrogens is 367 g/mol. The number of carbonyl (C=O) groups excluding carboxylic acids is 1. The largest absolute Gasteiger partial charge is 0.341 e. The van der Waals surface area contributed by atoms with Crippen molar-refractivity contribution in [2.75, 3.05) is 31.9 Å². The van der Waals surface area contributed by atoms with Crippen molar-refractivity contribution >= 4 is 27.5 Å². The van der Waals surface area contributed by atoms with Crippen molar-refractivity contribution in [3.8, 4) is 0 Å². The van der Waals surface area contributed by atoms with Crippen LogP contribution in [0.5, 0.6) is 0 Å². The molecule has 1 aliphatic rings. The molecule has 5 nitrogen and oxygen atoms in total. The molecule has 0 spiro atoms. The predicted molar refractivity (Wildman–Crippen MR) is 96.6 cm³/mol. The number of rotatable bonds is 6. The molecule has 1 saturated heterocycles. The Kier molecular flexibility index (Phi) is 7.22. The van der Waals surface area contributed by atoms with Gasteiger partial charge in [0.2, 0.25) is 15.9 Å². The fraction of sp³-hybridized carbons (Fsp3) is 0.588. The van der Waals surface area contributed by atoms with E-state index in [9.17, 15) is 17.6 Å². The van der Waals surface area contributed by atoms with Gasteiger partial charge in [-0.1, -0.05) is 31.0 Å². The summed E-state index contributed by atoms with van der Waals surface area (Å²) < 4.78 is 39.9. The first kappa shape index (κ1) is 20.1. The van der Waals surface area contributed by atoms with E-state index in [2.05, 4.69) is 0 Å². The van der Waals surface area contributed by atoms with Crippen LogP contribution in [0.4, 0.5) is 4.39 Å². The standard InChI is InChI=1S/C17H24ClFN2O3S/c1-2-3-12-25(23,24)21-9-5-8-20(10-11-21)17(22)13-14-15(18)6-4-7-16(14)19/h4,6-7H,2-3,5,8-13H2,1H3. The molecule has 1 heterocycles.